The van der Waals surface area contributed by atoms with Gasteiger partial charge in [0, 0.05) is 6.92 Å². The van der Waals surface area contributed by atoms with Crippen LogP contribution in [0.3, 0.4) is 0 Å². The van der Waals surface area contributed by atoms with Gasteiger partial charge < -0.3 is 14.2 Å². The van der Waals surface area contributed by atoms with Crippen LogP contribution in [0, 0.1) is 0 Å². The summed E-state index contributed by atoms with van der Waals surface area (Å²) in [5.41, 5.74) is 0. The van der Waals surface area contributed by atoms with Gasteiger partial charge in [0.05, 0.1) is 13.7 Å². The topological polar surface area (TPSA) is 61.8 Å². The maximum atomic E-state index is 11.1. The molecule has 0 heterocycles. The van der Waals surface area contributed by atoms with Gasteiger partial charge in [0.2, 0.25) is 0 Å². The van der Waals surface area contributed by atoms with E-state index in [1.54, 1.807) is 0 Å². The van der Waals surface area contributed by atoms with Gasteiger partial charge in [0.1, 0.15) is 0 Å². The van der Waals surface area contributed by atoms with Crippen molar-refractivity contribution in [3.8, 4) is 0 Å². The van der Waals surface area contributed by atoms with E-state index in [1.165, 1.54) is 14.0 Å². The van der Waals surface area contributed by atoms with Gasteiger partial charge in [-0.25, -0.2) is 4.79 Å². The van der Waals surface area contributed by atoms with E-state index in [0.717, 1.165) is 12.8 Å². The number of unbranched alkanes of at least 4 members (excludes halogenated alkanes) is 1. The molecule has 92 valence electrons. The normalized spacial score (nSPS) is 12.4. The third-order valence-electron chi connectivity index (χ3n) is 1.69. The summed E-state index contributed by atoms with van der Waals surface area (Å²) in [5.74, 6) is -1.29. The molecule has 0 N–H and O–H groups in total. The van der Waals surface area contributed by atoms with Crippen LogP contribution in [0.5, 0.6) is 0 Å². The molecule has 1 unspecified atom stereocenters. The fraction of sp³-hybridized carbons (Fsp3) is 0.636. The first-order chi connectivity index (χ1) is 7.61. The molecule has 0 fully saturated rings. The van der Waals surface area contributed by atoms with Crippen molar-refractivity contribution in [1.29, 1.82) is 0 Å². The minimum atomic E-state index is -1.26. The predicted molar refractivity (Wildman–Crippen MR) is 57.6 cm³/mol. The Labute approximate surface area is 95.4 Å². The van der Waals surface area contributed by atoms with Crippen LogP contribution in [0.4, 0.5) is 0 Å². The molecule has 0 radical (unpaired) electrons. The summed E-state index contributed by atoms with van der Waals surface area (Å²) >= 11 is 0. The molecule has 16 heavy (non-hydrogen) atoms. The van der Waals surface area contributed by atoms with Crippen molar-refractivity contribution in [3.05, 3.63) is 12.2 Å². The molecule has 5 nitrogen and oxygen atoms in total. The number of hydrogen-bond acceptors (Lipinski definition) is 5. The van der Waals surface area contributed by atoms with Gasteiger partial charge in [0.25, 0.3) is 0 Å². The van der Waals surface area contributed by atoms with Crippen LogP contribution in [0.1, 0.15) is 26.7 Å². The van der Waals surface area contributed by atoms with E-state index in [9.17, 15) is 9.59 Å². The molecular weight excluding hydrogens is 212 g/mol. The number of allylic oxidation sites excluding steroid dienone is 2. The smallest absolute Gasteiger partial charge is 0.376 e. The number of methoxy groups -OCH3 is 1. The van der Waals surface area contributed by atoms with E-state index in [4.69, 9.17) is 4.74 Å². The highest BCUT2D eigenvalue weighted by atomic mass is 16.7. The summed E-state index contributed by atoms with van der Waals surface area (Å²) < 4.78 is 14.2. The van der Waals surface area contributed by atoms with Crippen LogP contribution in [0.15, 0.2) is 12.2 Å². The highest BCUT2D eigenvalue weighted by Crippen LogP contribution is 2.01. The van der Waals surface area contributed by atoms with E-state index < -0.39 is 18.2 Å². The molecule has 0 saturated carbocycles. The zero-order valence-electron chi connectivity index (χ0n) is 9.89. The average Bonchev–Trinajstić information content (AvgIpc) is 2.25. The van der Waals surface area contributed by atoms with Crippen molar-refractivity contribution in [2.45, 2.75) is 33.0 Å². The molecule has 1 atom stereocenters. The van der Waals surface area contributed by atoms with E-state index in [1.807, 2.05) is 19.1 Å². The molecule has 0 spiro atoms. The molecule has 0 bridgehead atoms. The molecule has 0 aromatic rings. The van der Waals surface area contributed by atoms with Gasteiger partial charge >= 0.3 is 18.2 Å². The van der Waals surface area contributed by atoms with Crippen molar-refractivity contribution in [3.63, 3.8) is 0 Å². The Morgan fingerprint density at radius 1 is 1.38 bits per heavy atom. The summed E-state index contributed by atoms with van der Waals surface area (Å²) in [4.78, 5) is 21.8. The highest BCUT2D eigenvalue weighted by Gasteiger charge is 2.22. The van der Waals surface area contributed by atoms with Crippen LogP contribution < -0.4 is 0 Å². The van der Waals surface area contributed by atoms with Crippen molar-refractivity contribution in [1.82, 2.24) is 0 Å². The van der Waals surface area contributed by atoms with Crippen LogP contribution in [0.2, 0.25) is 0 Å². The summed E-state index contributed by atoms with van der Waals surface area (Å²) in [6.07, 6.45) is 4.27. The van der Waals surface area contributed by atoms with Crippen molar-refractivity contribution < 1.29 is 23.8 Å². The van der Waals surface area contributed by atoms with Crippen LogP contribution >= 0.6 is 0 Å². The number of ether oxygens (including phenoxy) is 3. The van der Waals surface area contributed by atoms with Gasteiger partial charge in [0.15, 0.2) is 0 Å². The zero-order chi connectivity index (χ0) is 12.4. The number of rotatable bonds is 7. The minimum absolute atomic E-state index is 0.331. The largest absolute Gasteiger partial charge is 0.464 e. The lowest BCUT2D eigenvalue weighted by atomic mass is 10.3. The van der Waals surface area contributed by atoms with Gasteiger partial charge in [-0.15, -0.1) is 0 Å². The Morgan fingerprint density at radius 2 is 2.06 bits per heavy atom. The molecule has 0 amide bonds. The van der Waals surface area contributed by atoms with Gasteiger partial charge in [-0.3, -0.25) is 4.79 Å². The SMILES string of the molecule is C/C=C/CCCOC(OC(C)=O)C(=O)OC. The van der Waals surface area contributed by atoms with E-state index in [0.29, 0.717) is 6.61 Å². The lowest BCUT2D eigenvalue weighted by Gasteiger charge is -2.14. The summed E-state index contributed by atoms with van der Waals surface area (Å²) in [5, 5.41) is 0. The Bertz CT molecular complexity index is 247. The lowest BCUT2D eigenvalue weighted by Crippen LogP contribution is -2.30. The molecular formula is C11H18O5. The number of hydrogen-bond donors (Lipinski definition) is 0. The Kier molecular flexibility index (Phi) is 8.15. The Morgan fingerprint density at radius 3 is 2.56 bits per heavy atom. The summed E-state index contributed by atoms with van der Waals surface area (Å²) in [6, 6.07) is 0. The van der Waals surface area contributed by atoms with Crippen molar-refractivity contribution in [2.75, 3.05) is 13.7 Å². The molecule has 0 aromatic heterocycles. The van der Waals surface area contributed by atoms with Crippen LogP contribution in [-0.2, 0) is 23.8 Å². The predicted octanol–water partition coefficient (Wildman–Crippen LogP) is 1.42. The van der Waals surface area contributed by atoms with Crippen LogP contribution in [-0.4, -0.2) is 31.9 Å². The lowest BCUT2D eigenvalue weighted by molar-refractivity contribution is -0.197. The third kappa shape index (κ3) is 7.00. The van der Waals surface area contributed by atoms with Gasteiger partial charge in [-0.05, 0) is 19.8 Å². The monoisotopic (exact) mass is 230 g/mol. The molecule has 0 aromatic carbocycles. The second-order valence-corrected chi connectivity index (χ2v) is 3.05. The third-order valence-corrected chi connectivity index (χ3v) is 1.69. The molecule has 0 aliphatic heterocycles. The summed E-state index contributed by atoms with van der Waals surface area (Å²) in [6.45, 7) is 3.47. The first kappa shape index (κ1) is 14.6. The fourth-order valence-electron chi connectivity index (χ4n) is 0.955. The number of esters is 2. The quantitative estimate of drug-likeness (QED) is 0.286. The highest BCUT2D eigenvalue weighted by molar-refractivity contribution is 5.77. The molecule has 0 rings (SSSR count). The number of carbonyl (C=O) groups excluding carboxylic acids is 2. The Hall–Kier alpha value is -1.36. The molecule has 0 aliphatic carbocycles. The second-order valence-electron chi connectivity index (χ2n) is 3.05. The molecule has 0 aliphatic rings. The minimum Gasteiger partial charge on any atom is -0.464 e. The van der Waals surface area contributed by atoms with E-state index >= 15 is 0 Å². The molecule has 5 heteroatoms. The fourth-order valence-corrected chi connectivity index (χ4v) is 0.955. The van der Waals surface area contributed by atoms with Crippen molar-refractivity contribution in [2.24, 2.45) is 0 Å². The van der Waals surface area contributed by atoms with Crippen LogP contribution in [0.25, 0.3) is 0 Å². The van der Waals surface area contributed by atoms with E-state index in [-0.39, 0.29) is 0 Å². The standard InChI is InChI=1S/C11H18O5/c1-4-5-6-7-8-15-11(10(13)14-3)16-9(2)12/h4-5,11H,6-8H2,1-3H3/b5-4+. The second kappa shape index (κ2) is 8.91. The molecule has 0 saturated heterocycles. The maximum Gasteiger partial charge on any atom is 0.376 e. The maximum absolute atomic E-state index is 11.1. The first-order valence-electron chi connectivity index (χ1n) is 5.09. The summed E-state index contributed by atoms with van der Waals surface area (Å²) in [7, 11) is 1.21. The zero-order valence-corrected chi connectivity index (χ0v) is 9.89. The van der Waals surface area contributed by atoms with Gasteiger partial charge in [-0.1, -0.05) is 12.2 Å². The average molecular weight is 230 g/mol. The van der Waals surface area contributed by atoms with E-state index in [2.05, 4.69) is 9.47 Å². The Balaban J connectivity index is 3.92. The first-order valence-corrected chi connectivity index (χ1v) is 5.09. The number of carbonyl (C=O) groups is 2. The van der Waals surface area contributed by atoms with Crippen molar-refractivity contribution >= 4 is 11.9 Å². The van der Waals surface area contributed by atoms with Gasteiger partial charge in [-0.2, -0.15) is 0 Å².